The number of hydrogen-bond acceptors (Lipinski definition) is 3. The monoisotopic (exact) mass is 261 g/mol. The van der Waals surface area contributed by atoms with E-state index in [1.165, 1.54) is 4.72 Å². The smallest absolute Gasteiger partial charge is 0.328 e. The fraction of sp³-hybridized carbons (Fsp3) is 1.00. The second-order valence-electron chi connectivity index (χ2n) is 3.89. The standard InChI is InChI=1S/C7H14F3N3O2S/c8-7(9,10)4-13-16(14,15)12-3-5-1-6(11)2-5/h5-6,12-13H,1-4,11H2. The van der Waals surface area contributed by atoms with Gasteiger partial charge in [0.2, 0.25) is 0 Å². The second kappa shape index (κ2) is 4.86. The quantitative estimate of drug-likeness (QED) is 0.636. The summed E-state index contributed by atoms with van der Waals surface area (Å²) >= 11 is 0. The average Bonchev–Trinajstić information content (AvgIpc) is 2.07. The van der Waals surface area contributed by atoms with Crippen LogP contribution in [0, 0.1) is 5.92 Å². The Balaban J connectivity index is 2.24. The summed E-state index contributed by atoms with van der Waals surface area (Å²) < 4.78 is 60.8. The van der Waals surface area contributed by atoms with Crippen LogP contribution in [-0.4, -0.2) is 33.7 Å². The van der Waals surface area contributed by atoms with Crippen LogP contribution in [0.1, 0.15) is 12.8 Å². The zero-order valence-electron chi connectivity index (χ0n) is 8.42. The Kier molecular flexibility index (Phi) is 4.16. The van der Waals surface area contributed by atoms with Gasteiger partial charge in [0, 0.05) is 12.6 Å². The number of nitrogens with one attached hydrogen (secondary N) is 2. The lowest BCUT2D eigenvalue weighted by atomic mass is 9.81. The molecule has 0 heterocycles. The highest BCUT2D eigenvalue weighted by atomic mass is 32.2. The molecule has 0 atom stereocenters. The summed E-state index contributed by atoms with van der Waals surface area (Å²) in [5, 5.41) is 0. The van der Waals surface area contributed by atoms with Gasteiger partial charge in [0.05, 0.1) is 0 Å². The van der Waals surface area contributed by atoms with Crippen LogP contribution in [0.2, 0.25) is 0 Å². The minimum Gasteiger partial charge on any atom is -0.328 e. The van der Waals surface area contributed by atoms with E-state index in [1.807, 2.05) is 0 Å². The average molecular weight is 261 g/mol. The van der Waals surface area contributed by atoms with Crippen LogP contribution in [-0.2, 0) is 10.2 Å². The number of rotatable bonds is 5. The molecule has 0 radical (unpaired) electrons. The van der Waals surface area contributed by atoms with Crippen LogP contribution in [0.4, 0.5) is 13.2 Å². The molecule has 0 aromatic carbocycles. The van der Waals surface area contributed by atoms with E-state index in [2.05, 4.69) is 4.72 Å². The van der Waals surface area contributed by atoms with Gasteiger partial charge >= 0.3 is 6.18 Å². The van der Waals surface area contributed by atoms with Gasteiger partial charge in [-0.05, 0) is 18.8 Å². The van der Waals surface area contributed by atoms with Crippen LogP contribution in [0.25, 0.3) is 0 Å². The molecule has 1 aliphatic carbocycles. The molecule has 0 aromatic heterocycles. The zero-order valence-corrected chi connectivity index (χ0v) is 9.24. The van der Waals surface area contributed by atoms with Crippen molar-refractivity contribution in [2.45, 2.75) is 25.1 Å². The van der Waals surface area contributed by atoms with Crippen molar-refractivity contribution in [3.8, 4) is 0 Å². The molecule has 1 rings (SSSR count). The van der Waals surface area contributed by atoms with Gasteiger partial charge in [0.1, 0.15) is 6.54 Å². The number of alkyl halides is 3. The van der Waals surface area contributed by atoms with Gasteiger partial charge in [-0.3, -0.25) is 0 Å². The molecule has 0 bridgehead atoms. The van der Waals surface area contributed by atoms with Gasteiger partial charge in [-0.1, -0.05) is 0 Å². The van der Waals surface area contributed by atoms with E-state index in [1.54, 1.807) is 0 Å². The molecule has 0 aromatic rings. The minimum absolute atomic E-state index is 0.0811. The van der Waals surface area contributed by atoms with Crippen molar-refractivity contribution in [1.82, 2.24) is 9.44 Å². The Labute approximate surface area is 91.8 Å². The Morgan fingerprint density at radius 3 is 2.25 bits per heavy atom. The summed E-state index contributed by atoms with van der Waals surface area (Å²) in [5.41, 5.74) is 5.48. The SMILES string of the molecule is NC1CC(CNS(=O)(=O)NCC(F)(F)F)C1. The predicted octanol–water partition coefficient (Wildman–Crippen LogP) is -0.290. The third kappa shape index (κ3) is 5.10. The van der Waals surface area contributed by atoms with Crippen LogP contribution >= 0.6 is 0 Å². The maximum atomic E-state index is 11.7. The summed E-state index contributed by atoms with van der Waals surface area (Å²) in [5.74, 6) is 0.123. The van der Waals surface area contributed by atoms with Crippen molar-refractivity contribution < 1.29 is 21.6 Å². The number of halogens is 3. The molecule has 0 spiro atoms. The number of hydrogen-bond donors (Lipinski definition) is 3. The Morgan fingerprint density at radius 1 is 1.25 bits per heavy atom. The molecule has 1 fully saturated rings. The van der Waals surface area contributed by atoms with Gasteiger partial charge in [0.25, 0.3) is 10.2 Å². The van der Waals surface area contributed by atoms with Gasteiger partial charge in [-0.25, -0.2) is 4.72 Å². The molecular weight excluding hydrogens is 247 g/mol. The molecule has 96 valence electrons. The maximum Gasteiger partial charge on any atom is 0.402 e. The van der Waals surface area contributed by atoms with Crippen molar-refractivity contribution >= 4 is 10.2 Å². The molecule has 1 aliphatic rings. The van der Waals surface area contributed by atoms with Gasteiger partial charge in [0.15, 0.2) is 0 Å². The topological polar surface area (TPSA) is 84.2 Å². The van der Waals surface area contributed by atoms with E-state index in [0.717, 1.165) is 0 Å². The van der Waals surface area contributed by atoms with E-state index in [0.29, 0.717) is 12.8 Å². The first-order chi connectivity index (χ1) is 7.18. The fourth-order valence-corrected chi connectivity index (χ4v) is 2.32. The maximum absolute atomic E-state index is 11.7. The second-order valence-corrected chi connectivity index (χ2v) is 5.47. The molecular formula is C7H14F3N3O2S. The predicted molar refractivity (Wildman–Crippen MR) is 51.7 cm³/mol. The van der Waals surface area contributed by atoms with Gasteiger partial charge in [-0.15, -0.1) is 0 Å². The van der Waals surface area contributed by atoms with Crippen LogP contribution in [0.15, 0.2) is 0 Å². The van der Waals surface area contributed by atoms with E-state index in [-0.39, 0.29) is 18.5 Å². The molecule has 4 N–H and O–H groups in total. The van der Waals surface area contributed by atoms with Crippen molar-refractivity contribution in [2.24, 2.45) is 11.7 Å². The minimum atomic E-state index is -4.55. The third-order valence-electron chi connectivity index (χ3n) is 2.30. The Hall–Kier alpha value is -0.380. The highest BCUT2D eigenvalue weighted by Gasteiger charge is 2.30. The van der Waals surface area contributed by atoms with Crippen LogP contribution < -0.4 is 15.2 Å². The summed E-state index contributed by atoms with van der Waals surface area (Å²) in [6.45, 7) is -1.44. The lowest BCUT2D eigenvalue weighted by Gasteiger charge is -2.32. The summed E-state index contributed by atoms with van der Waals surface area (Å²) in [6.07, 6.45) is -3.16. The van der Waals surface area contributed by atoms with Crippen LogP contribution in [0.3, 0.4) is 0 Å². The summed E-state index contributed by atoms with van der Waals surface area (Å²) in [6, 6.07) is 0.0811. The Bertz CT molecular complexity index is 324. The zero-order chi connectivity index (χ0) is 12.4. The van der Waals surface area contributed by atoms with Crippen molar-refractivity contribution in [3.63, 3.8) is 0 Å². The summed E-state index contributed by atoms with van der Waals surface area (Å²) in [7, 11) is -4.06. The number of nitrogens with two attached hydrogens (primary N) is 1. The molecule has 5 nitrogen and oxygen atoms in total. The van der Waals surface area contributed by atoms with Crippen molar-refractivity contribution in [2.75, 3.05) is 13.1 Å². The Morgan fingerprint density at radius 2 is 1.81 bits per heavy atom. The molecule has 0 amide bonds. The van der Waals surface area contributed by atoms with E-state index >= 15 is 0 Å². The van der Waals surface area contributed by atoms with Crippen molar-refractivity contribution in [1.29, 1.82) is 0 Å². The first-order valence-electron chi connectivity index (χ1n) is 4.74. The largest absolute Gasteiger partial charge is 0.402 e. The molecule has 16 heavy (non-hydrogen) atoms. The first-order valence-corrected chi connectivity index (χ1v) is 6.23. The highest BCUT2D eigenvalue weighted by molar-refractivity contribution is 7.87. The van der Waals surface area contributed by atoms with Gasteiger partial charge in [-0.2, -0.15) is 26.3 Å². The summed E-state index contributed by atoms with van der Waals surface area (Å²) in [4.78, 5) is 0. The first kappa shape index (κ1) is 13.7. The third-order valence-corrected chi connectivity index (χ3v) is 3.37. The molecule has 0 saturated heterocycles. The van der Waals surface area contributed by atoms with E-state index in [4.69, 9.17) is 5.73 Å². The lowest BCUT2D eigenvalue weighted by Crippen LogP contribution is -2.47. The highest BCUT2D eigenvalue weighted by Crippen LogP contribution is 2.24. The molecule has 9 heteroatoms. The van der Waals surface area contributed by atoms with Crippen molar-refractivity contribution in [3.05, 3.63) is 0 Å². The van der Waals surface area contributed by atoms with Gasteiger partial charge < -0.3 is 5.73 Å². The molecule has 0 aliphatic heterocycles. The normalized spacial score (nSPS) is 26.5. The van der Waals surface area contributed by atoms with E-state index in [9.17, 15) is 21.6 Å². The lowest BCUT2D eigenvalue weighted by molar-refractivity contribution is -0.121. The van der Waals surface area contributed by atoms with E-state index < -0.39 is 22.9 Å². The molecule has 0 unspecified atom stereocenters. The fourth-order valence-electron chi connectivity index (χ4n) is 1.41. The van der Waals surface area contributed by atoms with Crippen LogP contribution in [0.5, 0.6) is 0 Å². The molecule has 1 saturated carbocycles.